The van der Waals surface area contributed by atoms with E-state index in [1.165, 1.54) is 6.08 Å². The summed E-state index contributed by atoms with van der Waals surface area (Å²) in [5.41, 5.74) is 5.20. The maximum absolute atomic E-state index is 14.7. The lowest BCUT2D eigenvalue weighted by Crippen LogP contribution is -2.36. The second-order valence-electron chi connectivity index (χ2n) is 8.53. The second-order valence-corrected chi connectivity index (χ2v) is 8.53. The minimum Gasteiger partial charge on any atom is -0.336 e. The van der Waals surface area contributed by atoms with Gasteiger partial charge in [0, 0.05) is 31.1 Å². The first-order valence-corrected chi connectivity index (χ1v) is 11.2. The van der Waals surface area contributed by atoms with Crippen LogP contribution in [0, 0.1) is 18.8 Å². The molecule has 2 unspecified atom stereocenters. The molecule has 1 fully saturated rings. The molecule has 0 bridgehead atoms. The Bertz CT molecular complexity index is 931. The topological polar surface area (TPSA) is 58.5 Å². The summed E-state index contributed by atoms with van der Waals surface area (Å²) in [5.74, 6) is -1.02. The summed E-state index contributed by atoms with van der Waals surface area (Å²) in [6.45, 7) is 10.1. The van der Waals surface area contributed by atoms with Gasteiger partial charge in [-0.05, 0) is 50.3 Å². The van der Waals surface area contributed by atoms with Crippen molar-refractivity contribution in [3.05, 3.63) is 58.7 Å². The first-order valence-electron chi connectivity index (χ1n) is 11.2. The number of aryl methyl sites for hydroxylation is 1. The maximum atomic E-state index is 14.7. The first-order chi connectivity index (χ1) is 14.9. The Hall–Kier alpha value is -2.63. The minimum atomic E-state index is -0.755. The smallest absolute Gasteiger partial charge is 0.233 e. The molecule has 31 heavy (non-hydrogen) atoms. The van der Waals surface area contributed by atoms with Crippen molar-refractivity contribution in [1.29, 1.82) is 0 Å². The highest BCUT2D eigenvalue weighted by Gasteiger charge is 2.36. The first kappa shape index (κ1) is 23.0. The van der Waals surface area contributed by atoms with Crippen molar-refractivity contribution in [3.8, 4) is 0 Å². The zero-order valence-electron chi connectivity index (χ0n) is 19.1. The fourth-order valence-electron chi connectivity index (χ4n) is 4.20. The van der Waals surface area contributed by atoms with Gasteiger partial charge in [0.1, 0.15) is 5.83 Å². The van der Waals surface area contributed by atoms with Crippen LogP contribution in [0.25, 0.3) is 0 Å². The van der Waals surface area contributed by atoms with Gasteiger partial charge in [-0.15, -0.1) is 0 Å². The molecule has 6 heteroatoms. The van der Waals surface area contributed by atoms with E-state index in [9.17, 15) is 9.18 Å². The SMILES string of the molecule is CC=CCc1c(C)cnnc1CC1=CC=C(F)C(C(=O)N2CC(=NCCC)C(C)C2)C1. The van der Waals surface area contributed by atoms with Crippen LogP contribution >= 0.6 is 0 Å². The highest BCUT2D eigenvalue weighted by Crippen LogP contribution is 2.31. The van der Waals surface area contributed by atoms with E-state index in [0.717, 1.165) is 47.5 Å². The zero-order valence-corrected chi connectivity index (χ0v) is 19.1. The molecule has 1 aromatic heterocycles. The number of amides is 1. The predicted octanol–water partition coefficient (Wildman–Crippen LogP) is 4.58. The molecule has 5 nitrogen and oxygen atoms in total. The van der Waals surface area contributed by atoms with Gasteiger partial charge in [0.05, 0.1) is 24.4 Å². The molecule has 2 aliphatic rings. The molecule has 0 spiro atoms. The third-order valence-corrected chi connectivity index (χ3v) is 6.05. The van der Waals surface area contributed by atoms with Gasteiger partial charge in [-0.1, -0.05) is 37.6 Å². The number of carbonyl (C=O) groups is 1. The van der Waals surface area contributed by atoms with Crippen LogP contribution in [0.1, 0.15) is 50.4 Å². The van der Waals surface area contributed by atoms with Gasteiger partial charge in [0.2, 0.25) is 5.91 Å². The highest BCUT2D eigenvalue weighted by molar-refractivity contribution is 5.96. The summed E-state index contributed by atoms with van der Waals surface area (Å²) in [6.07, 6.45) is 11.9. The predicted molar refractivity (Wildman–Crippen MR) is 123 cm³/mol. The van der Waals surface area contributed by atoms with Crippen molar-refractivity contribution in [2.75, 3.05) is 19.6 Å². The van der Waals surface area contributed by atoms with E-state index in [4.69, 9.17) is 0 Å². The van der Waals surface area contributed by atoms with E-state index in [1.807, 2.05) is 19.9 Å². The summed E-state index contributed by atoms with van der Waals surface area (Å²) >= 11 is 0. The summed E-state index contributed by atoms with van der Waals surface area (Å²) in [4.78, 5) is 19.5. The molecule has 1 saturated heterocycles. The van der Waals surface area contributed by atoms with Gasteiger partial charge < -0.3 is 4.90 Å². The monoisotopic (exact) mass is 424 g/mol. The number of hydrogen-bond donors (Lipinski definition) is 0. The number of carbonyl (C=O) groups excluding carboxylic acids is 1. The van der Waals surface area contributed by atoms with E-state index < -0.39 is 5.92 Å². The quantitative estimate of drug-likeness (QED) is 0.602. The number of aromatic nitrogens is 2. The Kier molecular flexibility index (Phi) is 7.88. The summed E-state index contributed by atoms with van der Waals surface area (Å²) < 4.78 is 14.7. The Labute approximate surface area is 184 Å². The summed E-state index contributed by atoms with van der Waals surface area (Å²) in [7, 11) is 0. The third kappa shape index (κ3) is 5.54. The van der Waals surface area contributed by atoms with Crippen molar-refractivity contribution in [2.45, 2.75) is 53.4 Å². The molecular formula is C25H33FN4O. The number of aliphatic imine (C=N–C) groups is 1. The molecule has 0 aromatic carbocycles. The van der Waals surface area contributed by atoms with E-state index >= 15 is 0 Å². The Balaban J connectivity index is 1.73. The molecular weight excluding hydrogens is 391 g/mol. The Morgan fingerprint density at radius 3 is 2.94 bits per heavy atom. The lowest BCUT2D eigenvalue weighted by molar-refractivity contribution is -0.133. The molecule has 0 saturated carbocycles. The lowest BCUT2D eigenvalue weighted by Gasteiger charge is -2.25. The van der Waals surface area contributed by atoms with Gasteiger partial charge in [-0.25, -0.2) is 4.39 Å². The van der Waals surface area contributed by atoms with E-state index in [2.05, 4.69) is 35.1 Å². The number of hydrogen-bond acceptors (Lipinski definition) is 4. The van der Waals surface area contributed by atoms with Crippen LogP contribution in [0.15, 0.2) is 46.9 Å². The van der Waals surface area contributed by atoms with Gasteiger partial charge in [-0.3, -0.25) is 9.79 Å². The molecule has 0 N–H and O–H groups in total. The van der Waals surface area contributed by atoms with Gasteiger partial charge in [0.25, 0.3) is 0 Å². The lowest BCUT2D eigenvalue weighted by atomic mass is 9.88. The largest absolute Gasteiger partial charge is 0.336 e. The molecule has 1 amide bonds. The van der Waals surface area contributed by atoms with Crippen molar-refractivity contribution in [3.63, 3.8) is 0 Å². The number of likely N-dealkylation sites (tertiary alicyclic amines) is 1. The van der Waals surface area contributed by atoms with Crippen LogP contribution in [0.2, 0.25) is 0 Å². The summed E-state index contributed by atoms with van der Waals surface area (Å²) in [5, 5.41) is 8.46. The van der Waals surface area contributed by atoms with Crippen molar-refractivity contribution in [1.82, 2.24) is 15.1 Å². The molecule has 166 valence electrons. The Morgan fingerprint density at radius 2 is 2.19 bits per heavy atom. The molecule has 2 heterocycles. The fourth-order valence-corrected chi connectivity index (χ4v) is 4.20. The maximum Gasteiger partial charge on any atom is 0.233 e. The number of allylic oxidation sites excluding steroid dienone is 5. The average Bonchev–Trinajstić information content (AvgIpc) is 3.13. The van der Waals surface area contributed by atoms with Crippen LogP contribution in [0.4, 0.5) is 4.39 Å². The molecule has 2 atom stereocenters. The van der Waals surface area contributed by atoms with E-state index in [1.54, 1.807) is 17.2 Å². The van der Waals surface area contributed by atoms with E-state index in [-0.39, 0.29) is 17.7 Å². The fraction of sp³-hybridized carbons (Fsp3) is 0.520. The molecule has 1 aromatic rings. The summed E-state index contributed by atoms with van der Waals surface area (Å²) in [6, 6.07) is 0. The van der Waals surface area contributed by atoms with E-state index in [0.29, 0.717) is 25.9 Å². The van der Waals surface area contributed by atoms with Crippen LogP contribution in [-0.2, 0) is 17.6 Å². The molecule has 3 rings (SSSR count). The standard InChI is InChI=1S/C25H33FN4O/c1-5-7-8-20-17(3)14-28-29-23(20)13-19-9-10-22(26)21(12-19)25(31)30-15-18(4)24(16-30)27-11-6-2/h5,7,9-10,14,18,21H,6,8,11-13,15-16H2,1-4H3. The van der Waals surface area contributed by atoms with Crippen LogP contribution < -0.4 is 0 Å². The number of nitrogens with zero attached hydrogens (tertiary/aromatic N) is 4. The van der Waals surface area contributed by atoms with Crippen molar-refractivity contribution in [2.24, 2.45) is 16.8 Å². The molecule has 1 aliphatic carbocycles. The Morgan fingerprint density at radius 1 is 1.39 bits per heavy atom. The van der Waals surface area contributed by atoms with Gasteiger partial charge >= 0.3 is 0 Å². The third-order valence-electron chi connectivity index (χ3n) is 6.05. The molecule has 0 radical (unpaired) electrons. The van der Waals surface area contributed by atoms with Gasteiger partial charge in [0.15, 0.2) is 0 Å². The van der Waals surface area contributed by atoms with Crippen molar-refractivity contribution >= 4 is 11.6 Å². The average molecular weight is 425 g/mol. The second kappa shape index (κ2) is 10.6. The van der Waals surface area contributed by atoms with Crippen LogP contribution in [-0.4, -0.2) is 46.4 Å². The zero-order chi connectivity index (χ0) is 22.4. The van der Waals surface area contributed by atoms with Crippen molar-refractivity contribution < 1.29 is 9.18 Å². The number of rotatable bonds is 7. The van der Waals surface area contributed by atoms with Gasteiger partial charge in [-0.2, -0.15) is 10.2 Å². The minimum absolute atomic E-state index is 0.141. The van der Waals surface area contributed by atoms with Crippen LogP contribution in [0.3, 0.4) is 0 Å². The number of halogens is 1. The molecule has 1 aliphatic heterocycles. The highest BCUT2D eigenvalue weighted by atomic mass is 19.1. The normalized spacial score (nSPS) is 22.9. The van der Waals surface area contributed by atoms with Crippen LogP contribution in [0.5, 0.6) is 0 Å².